The fourth-order valence-corrected chi connectivity index (χ4v) is 3.35. The average Bonchev–Trinajstić information content (AvgIpc) is 3.12. The third-order valence-electron chi connectivity index (χ3n) is 5.03. The molecule has 0 saturated carbocycles. The van der Waals surface area contributed by atoms with E-state index < -0.39 is 0 Å². The molecule has 0 amide bonds. The summed E-state index contributed by atoms with van der Waals surface area (Å²) in [6.07, 6.45) is 3.82. The van der Waals surface area contributed by atoms with E-state index >= 15 is 0 Å². The van der Waals surface area contributed by atoms with Crippen LogP contribution in [0.25, 0.3) is 0 Å². The van der Waals surface area contributed by atoms with Gasteiger partial charge in [-0.05, 0) is 24.6 Å². The first-order chi connectivity index (χ1) is 13.4. The van der Waals surface area contributed by atoms with Crippen LogP contribution in [0.4, 0.5) is 4.39 Å². The molecule has 1 N–H and O–H groups in total. The van der Waals surface area contributed by atoms with Crippen LogP contribution in [0.15, 0.2) is 41.7 Å². The second-order valence-corrected chi connectivity index (χ2v) is 7.82. The summed E-state index contributed by atoms with van der Waals surface area (Å²) in [6.45, 7) is 9.73. The molecule has 152 valence electrons. The summed E-state index contributed by atoms with van der Waals surface area (Å²) in [7, 11) is 1.91. The second-order valence-electron chi connectivity index (χ2n) is 7.82. The van der Waals surface area contributed by atoms with Gasteiger partial charge in [-0.3, -0.25) is 9.67 Å². The number of aryl methyl sites for hydroxylation is 1. The van der Waals surface area contributed by atoms with E-state index in [0.717, 1.165) is 36.7 Å². The highest BCUT2D eigenvalue weighted by Gasteiger charge is 2.26. The number of hydrogen-bond donors (Lipinski definition) is 1. The van der Waals surface area contributed by atoms with E-state index in [9.17, 15) is 4.39 Å². The lowest BCUT2D eigenvalue weighted by Crippen LogP contribution is -2.48. The van der Waals surface area contributed by atoms with Crippen molar-refractivity contribution in [3.63, 3.8) is 0 Å². The van der Waals surface area contributed by atoms with Crippen molar-refractivity contribution >= 4 is 5.96 Å². The monoisotopic (exact) mass is 387 g/mol. The van der Waals surface area contributed by atoms with Gasteiger partial charge >= 0.3 is 0 Å². The molecule has 1 saturated heterocycles. The van der Waals surface area contributed by atoms with Crippen LogP contribution in [0.3, 0.4) is 0 Å². The van der Waals surface area contributed by atoms with E-state index in [0.29, 0.717) is 13.2 Å². The minimum absolute atomic E-state index is 0.0254. The molecular formula is C21H30FN5O. The van der Waals surface area contributed by atoms with Crippen molar-refractivity contribution in [2.75, 3.05) is 32.8 Å². The Balaban J connectivity index is 1.74. The average molecular weight is 388 g/mol. The summed E-state index contributed by atoms with van der Waals surface area (Å²) in [5.74, 6) is 0.651. The summed E-state index contributed by atoms with van der Waals surface area (Å²) in [6, 6.07) is 6.77. The Bertz CT molecular complexity index is 817. The van der Waals surface area contributed by atoms with Crippen molar-refractivity contribution in [2.45, 2.75) is 32.3 Å². The van der Waals surface area contributed by atoms with Crippen molar-refractivity contribution < 1.29 is 9.13 Å². The fourth-order valence-electron chi connectivity index (χ4n) is 3.35. The van der Waals surface area contributed by atoms with Crippen LogP contribution in [0, 0.1) is 5.82 Å². The van der Waals surface area contributed by atoms with Crippen LogP contribution in [-0.2, 0) is 17.2 Å². The highest BCUT2D eigenvalue weighted by molar-refractivity contribution is 5.80. The molecule has 1 atom stereocenters. The zero-order valence-electron chi connectivity index (χ0n) is 17.2. The molecule has 7 heteroatoms. The minimum atomic E-state index is -0.266. The predicted molar refractivity (Wildman–Crippen MR) is 109 cm³/mol. The molecule has 0 aliphatic carbocycles. The molecule has 1 aliphatic heterocycles. The number of halogens is 1. The fraction of sp³-hybridized carbons (Fsp3) is 0.524. The largest absolute Gasteiger partial charge is 0.370 e. The van der Waals surface area contributed by atoms with Gasteiger partial charge in [-0.25, -0.2) is 4.39 Å². The number of guanidine groups is 1. The number of aliphatic imine (C=N–C) groups is 1. The first kappa shape index (κ1) is 20.3. The summed E-state index contributed by atoms with van der Waals surface area (Å²) in [5, 5.41) is 7.64. The van der Waals surface area contributed by atoms with E-state index in [4.69, 9.17) is 9.73 Å². The number of benzene rings is 1. The summed E-state index contributed by atoms with van der Waals surface area (Å²) in [4.78, 5) is 7.11. The van der Waals surface area contributed by atoms with Crippen molar-refractivity contribution in [1.29, 1.82) is 0 Å². The molecular weight excluding hydrogens is 357 g/mol. The smallest absolute Gasteiger partial charge is 0.194 e. The van der Waals surface area contributed by atoms with E-state index in [1.807, 2.05) is 25.5 Å². The third-order valence-corrected chi connectivity index (χ3v) is 5.03. The zero-order valence-corrected chi connectivity index (χ0v) is 17.2. The quantitative estimate of drug-likeness (QED) is 0.633. The standard InChI is InChI=1S/C21H30FN5O/c1-5-23-20(24-15-21(2,3)17-7-6-8-18(22)11-17)27-9-10-28-19(14-27)16-12-25-26(4)13-16/h6-8,11-13,19H,5,9-10,14-15H2,1-4H3,(H,23,24). The zero-order chi connectivity index (χ0) is 20.1. The maximum atomic E-state index is 13.6. The van der Waals surface area contributed by atoms with Gasteiger partial charge in [0.2, 0.25) is 0 Å². The van der Waals surface area contributed by atoms with E-state index in [2.05, 4.69) is 36.1 Å². The molecule has 1 fully saturated rings. The van der Waals surface area contributed by atoms with Gasteiger partial charge in [0.05, 0.1) is 25.9 Å². The first-order valence-electron chi connectivity index (χ1n) is 9.78. The molecule has 1 aromatic heterocycles. The van der Waals surface area contributed by atoms with Gasteiger partial charge in [-0.1, -0.05) is 26.0 Å². The van der Waals surface area contributed by atoms with Gasteiger partial charge in [0.25, 0.3) is 0 Å². The summed E-state index contributed by atoms with van der Waals surface area (Å²) in [5.41, 5.74) is 1.75. The number of rotatable bonds is 5. The van der Waals surface area contributed by atoms with Gasteiger partial charge < -0.3 is 15.0 Å². The number of hydrogen-bond acceptors (Lipinski definition) is 3. The summed E-state index contributed by atoms with van der Waals surface area (Å²) < 4.78 is 21.4. The molecule has 2 aromatic rings. The Morgan fingerprint density at radius 3 is 2.93 bits per heavy atom. The van der Waals surface area contributed by atoms with Crippen molar-refractivity contribution in [1.82, 2.24) is 20.0 Å². The van der Waals surface area contributed by atoms with Gasteiger partial charge in [0, 0.05) is 37.3 Å². The Morgan fingerprint density at radius 1 is 1.43 bits per heavy atom. The van der Waals surface area contributed by atoms with Gasteiger partial charge in [-0.2, -0.15) is 5.10 Å². The molecule has 6 nitrogen and oxygen atoms in total. The minimum Gasteiger partial charge on any atom is -0.370 e. The second kappa shape index (κ2) is 8.73. The molecule has 1 aliphatic rings. The maximum absolute atomic E-state index is 13.6. The maximum Gasteiger partial charge on any atom is 0.194 e. The van der Waals surface area contributed by atoms with Crippen LogP contribution in [0.5, 0.6) is 0 Å². The van der Waals surface area contributed by atoms with E-state index in [1.165, 1.54) is 6.07 Å². The van der Waals surface area contributed by atoms with Crippen molar-refractivity contribution in [3.8, 4) is 0 Å². The lowest BCUT2D eigenvalue weighted by atomic mass is 9.85. The number of morpholine rings is 1. The highest BCUT2D eigenvalue weighted by atomic mass is 19.1. The number of nitrogens with zero attached hydrogens (tertiary/aromatic N) is 4. The topological polar surface area (TPSA) is 54.7 Å². The van der Waals surface area contributed by atoms with E-state index in [-0.39, 0.29) is 17.3 Å². The Kier molecular flexibility index (Phi) is 6.34. The molecule has 3 rings (SSSR count). The molecule has 1 aromatic carbocycles. The third kappa shape index (κ3) is 4.90. The lowest BCUT2D eigenvalue weighted by molar-refractivity contribution is -0.00806. The lowest BCUT2D eigenvalue weighted by Gasteiger charge is -2.35. The van der Waals surface area contributed by atoms with Crippen LogP contribution < -0.4 is 5.32 Å². The van der Waals surface area contributed by atoms with Gasteiger partial charge in [-0.15, -0.1) is 0 Å². The number of nitrogens with one attached hydrogen (secondary N) is 1. The molecule has 2 heterocycles. The molecule has 0 bridgehead atoms. The number of aromatic nitrogens is 2. The van der Waals surface area contributed by atoms with E-state index in [1.54, 1.807) is 16.8 Å². The molecule has 28 heavy (non-hydrogen) atoms. The Hall–Kier alpha value is -2.41. The van der Waals surface area contributed by atoms with Crippen LogP contribution >= 0.6 is 0 Å². The number of ether oxygens (including phenoxy) is 1. The Morgan fingerprint density at radius 2 is 2.25 bits per heavy atom. The molecule has 0 radical (unpaired) electrons. The summed E-state index contributed by atoms with van der Waals surface area (Å²) >= 11 is 0. The Labute approximate surface area is 166 Å². The predicted octanol–water partition coefficient (Wildman–Crippen LogP) is 2.88. The van der Waals surface area contributed by atoms with Crippen LogP contribution in [0.2, 0.25) is 0 Å². The van der Waals surface area contributed by atoms with Crippen LogP contribution in [0.1, 0.15) is 38.0 Å². The van der Waals surface area contributed by atoms with Gasteiger partial charge in [0.15, 0.2) is 5.96 Å². The molecule has 0 spiro atoms. The molecule has 1 unspecified atom stereocenters. The van der Waals surface area contributed by atoms with Crippen LogP contribution in [-0.4, -0.2) is 53.4 Å². The van der Waals surface area contributed by atoms with Crippen molar-refractivity contribution in [2.24, 2.45) is 12.0 Å². The van der Waals surface area contributed by atoms with Crippen molar-refractivity contribution in [3.05, 3.63) is 53.6 Å². The SMILES string of the molecule is CCNC(=NCC(C)(C)c1cccc(F)c1)N1CCOC(c2cnn(C)c2)C1. The van der Waals surface area contributed by atoms with Gasteiger partial charge in [0.1, 0.15) is 11.9 Å². The normalized spacial score (nSPS) is 18.4. The first-order valence-corrected chi connectivity index (χ1v) is 9.78. The highest BCUT2D eigenvalue weighted by Crippen LogP contribution is 2.25.